The Hall–Kier alpha value is -1.56. The lowest BCUT2D eigenvalue weighted by atomic mass is 10.0. The number of thiophene rings is 1. The molecule has 0 amide bonds. The summed E-state index contributed by atoms with van der Waals surface area (Å²) in [5.74, 6) is 7.42. The Balaban J connectivity index is 1.95. The second kappa shape index (κ2) is 7.28. The van der Waals surface area contributed by atoms with Gasteiger partial charge >= 0.3 is 0 Å². The molecule has 1 heterocycles. The Morgan fingerprint density at radius 1 is 1.15 bits per heavy atom. The number of rotatable bonds is 7. The van der Waals surface area contributed by atoms with E-state index in [1.165, 1.54) is 10.4 Å². The van der Waals surface area contributed by atoms with E-state index in [4.69, 9.17) is 15.3 Å². The van der Waals surface area contributed by atoms with Crippen molar-refractivity contribution in [1.29, 1.82) is 0 Å². The van der Waals surface area contributed by atoms with Gasteiger partial charge in [0.05, 0.1) is 20.3 Å². The summed E-state index contributed by atoms with van der Waals surface area (Å²) >= 11 is 1.66. The van der Waals surface area contributed by atoms with Gasteiger partial charge < -0.3 is 9.47 Å². The first kappa shape index (κ1) is 14.8. The van der Waals surface area contributed by atoms with E-state index in [-0.39, 0.29) is 6.04 Å². The quantitative estimate of drug-likeness (QED) is 0.608. The summed E-state index contributed by atoms with van der Waals surface area (Å²) in [4.78, 5) is 1.19. The second-order valence-corrected chi connectivity index (χ2v) is 5.44. The largest absolute Gasteiger partial charge is 0.497 e. The number of nitrogens with one attached hydrogen (secondary N) is 1. The topological polar surface area (TPSA) is 56.5 Å². The molecule has 1 atom stereocenters. The van der Waals surface area contributed by atoms with Crippen molar-refractivity contribution in [3.63, 3.8) is 0 Å². The summed E-state index contributed by atoms with van der Waals surface area (Å²) in [5, 5.41) is 1.99. The molecular weight excluding hydrogens is 272 g/mol. The van der Waals surface area contributed by atoms with Crippen LogP contribution in [0.25, 0.3) is 0 Å². The van der Waals surface area contributed by atoms with Crippen LogP contribution in [0.1, 0.15) is 22.9 Å². The van der Waals surface area contributed by atoms with Gasteiger partial charge in [0.1, 0.15) is 11.5 Å². The van der Waals surface area contributed by atoms with Crippen LogP contribution < -0.4 is 20.7 Å². The zero-order chi connectivity index (χ0) is 14.4. The molecule has 0 fully saturated rings. The summed E-state index contributed by atoms with van der Waals surface area (Å²) in [7, 11) is 3.35. The molecule has 0 aliphatic rings. The van der Waals surface area contributed by atoms with Crippen molar-refractivity contribution in [2.45, 2.75) is 18.9 Å². The Morgan fingerprint density at radius 3 is 2.40 bits per heavy atom. The molecule has 2 aromatic rings. The van der Waals surface area contributed by atoms with Crippen LogP contribution in [-0.2, 0) is 6.42 Å². The molecule has 0 spiro atoms. The highest BCUT2D eigenvalue weighted by Gasteiger charge is 2.12. The normalized spacial score (nSPS) is 12.2. The van der Waals surface area contributed by atoms with Crippen LogP contribution in [0, 0.1) is 0 Å². The molecule has 1 unspecified atom stereocenters. The highest BCUT2D eigenvalue weighted by atomic mass is 32.1. The van der Waals surface area contributed by atoms with E-state index >= 15 is 0 Å². The van der Waals surface area contributed by atoms with Crippen molar-refractivity contribution in [1.82, 2.24) is 5.43 Å². The fraction of sp³-hybridized carbons (Fsp3) is 0.333. The zero-order valence-electron chi connectivity index (χ0n) is 11.8. The monoisotopic (exact) mass is 292 g/mol. The number of hydrogen-bond acceptors (Lipinski definition) is 5. The Bertz CT molecular complexity index is 525. The van der Waals surface area contributed by atoms with Crippen molar-refractivity contribution < 1.29 is 9.47 Å². The van der Waals surface area contributed by atoms with E-state index in [9.17, 15) is 0 Å². The zero-order valence-corrected chi connectivity index (χ0v) is 12.6. The first-order chi connectivity index (χ1) is 9.76. The van der Waals surface area contributed by atoms with Crippen molar-refractivity contribution in [3.8, 4) is 11.5 Å². The summed E-state index contributed by atoms with van der Waals surface area (Å²) in [6.45, 7) is 0. The number of hydrogen-bond donors (Lipinski definition) is 2. The summed E-state index contributed by atoms with van der Waals surface area (Å²) in [5.41, 5.74) is 4.15. The van der Waals surface area contributed by atoms with Crippen molar-refractivity contribution in [2.75, 3.05) is 14.2 Å². The van der Waals surface area contributed by atoms with Gasteiger partial charge in [0.15, 0.2) is 0 Å². The SMILES string of the molecule is COc1ccc(CCC(NN)c2cc(OC)cs2)cc1. The molecule has 1 aromatic carbocycles. The van der Waals surface area contributed by atoms with Gasteiger partial charge in [-0.25, -0.2) is 0 Å². The Labute approximate surface area is 123 Å². The lowest BCUT2D eigenvalue weighted by Crippen LogP contribution is -2.27. The minimum Gasteiger partial charge on any atom is -0.497 e. The highest BCUT2D eigenvalue weighted by molar-refractivity contribution is 7.10. The van der Waals surface area contributed by atoms with Crippen molar-refractivity contribution >= 4 is 11.3 Å². The smallest absolute Gasteiger partial charge is 0.129 e. The number of nitrogens with two attached hydrogens (primary N) is 1. The van der Waals surface area contributed by atoms with Gasteiger partial charge in [0, 0.05) is 10.3 Å². The maximum Gasteiger partial charge on any atom is 0.129 e. The predicted molar refractivity (Wildman–Crippen MR) is 82.3 cm³/mol. The van der Waals surface area contributed by atoms with Crippen LogP contribution in [0.5, 0.6) is 11.5 Å². The fourth-order valence-corrected chi connectivity index (χ4v) is 2.99. The first-order valence-corrected chi connectivity index (χ1v) is 7.36. The molecule has 108 valence electrons. The molecule has 4 nitrogen and oxygen atoms in total. The fourth-order valence-electron chi connectivity index (χ4n) is 2.04. The van der Waals surface area contributed by atoms with Gasteiger partial charge in [0.25, 0.3) is 0 Å². The van der Waals surface area contributed by atoms with Crippen LogP contribution >= 0.6 is 11.3 Å². The number of aryl methyl sites for hydroxylation is 1. The Kier molecular flexibility index (Phi) is 5.40. The summed E-state index contributed by atoms with van der Waals surface area (Å²) < 4.78 is 10.4. The molecule has 0 aliphatic carbocycles. The molecule has 1 aromatic heterocycles. The van der Waals surface area contributed by atoms with E-state index in [1.54, 1.807) is 25.6 Å². The lowest BCUT2D eigenvalue weighted by molar-refractivity contribution is 0.414. The van der Waals surface area contributed by atoms with Crippen LogP contribution in [-0.4, -0.2) is 14.2 Å². The van der Waals surface area contributed by atoms with Crippen molar-refractivity contribution in [3.05, 3.63) is 46.2 Å². The van der Waals surface area contributed by atoms with Gasteiger partial charge in [-0.05, 0) is 36.6 Å². The van der Waals surface area contributed by atoms with Crippen LogP contribution in [0.4, 0.5) is 0 Å². The van der Waals surface area contributed by atoms with E-state index < -0.39 is 0 Å². The lowest BCUT2D eigenvalue weighted by Gasteiger charge is -2.14. The molecule has 20 heavy (non-hydrogen) atoms. The van der Waals surface area contributed by atoms with E-state index in [2.05, 4.69) is 17.6 Å². The maximum absolute atomic E-state index is 5.66. The number of hydrazine groups is 1. The molecule has 0 radical (unpaired) electrons. The Morgan fingerprint density at radius 2 is 1.85 bits per heavy atom. The van der Waals surface area contributed by atoms with Crippen LogP contribution in [0.3, 0.4) is 0 Å². The van der Waals surface area contributed by atoms with Gasteiger partial charge in [-0.15, -0.1) is 11.3 Å². The molecule has 0 aliphatic heterocycles. The molecule has 0 bridgehead atoms. The first-order valence-electron chi connectivity index (χ1n) is 6.48. The third-order valence-corrected chi connectivity index (χ3v) is 4.28. The van der Waals surface area contributed by atoms with Gasteiger partial charge in [-0.3, -0.25) is 11.3 Å². The van der Waals surface area contributed by atoms with Gasteiger partial charge in [-0.1, -0.05) is 12.1 Å². The number of benzene rings is 1. The maximum atomic E-state index is 5.66. The standard InChI is InChI=1S/C15H20N2O2S/c1-18-12-6-3-11(4-7-12)5-8-14(17-16)15-9-13(19-2)10-20-15/h3-4,6-7,9-10,14,17H,5,8,16H2,1-2H3. The number of ether oxygens (including phenoxy) is 2. The number of methoxy groups -OCH3 is 2. The summed E-state index contributed by atoms with van der Waals surface area (Å²) in [6.07, 6.45) is 1.89. The van der Waals surface area contributed by atoms with Crippen molar-refractivity contribution in [2.24, 2.45) is 5.84 Å². The third-order valence-electron chi connectivity index (χ3n) is 3.26. The van der Waals surface area contributed by atoms with Gasteiger partial charge in [0.2, 0.25) is 0 Å². The molecule has 5 heteroatoms. The third kappa shape index (κ3) is 3.72. The van der Waals surface area contributed by atoms with Gasteiger partial charge in [-0.2, -0.15) is 0 Å². The minimum atomic E-state index is 0.144. The molecule has 3 N–H and O–H groups in total. The average molecular weight is 292 g/mol. The van der Waals surface area contributed by atoms with E-state index in [0.29, 0.717) is 0 Å². The van der Waals surface area contributed by atoms with E-state index in [0.717, 1.165) is 24.3 Å². The second-order valence-electron chi connectivity index (χ2n) is 4.49. The van der Waals surface area contributed by atoms with E-state index in [1.807, 2.05) is 23.6 Å². The van der Waals surface area contributed by atoms with Crippen LogP contribution in [0.2, 0.25) is 0 Å². The minimum absolute atomic E-state index is 0.144. The molecule has 2 rings (SSSR count). The average Bonchev–Trinajstić information content (AvgIpc) is 2.97. The predicted octanol–water partition coefficient (Wildman–Crippen LogP) is 2.90. The highest BCUT2D eigenvalue weighted by Crippen LogP contribution is 2.29. The molecule has 0 saturated heterocycles. The van der Waals surface area contributed by atoms with Crippen LogP contribution in [0.15, 0.2) is 35.7 Å². The summed E-state index contributed by atoms with van der Waals surface area (Å²) in [6, 6.07) is 10.3. The molecule has 0 saturated carbocycles. The molecular formula is C15H20N2O2S.